The molecular formula is C12H17FN2OS. The van der Waals surface area contributed by atoms with Gasteiger partial charge in [0.2, 0.25) is 0 Å². The first kappa shape index (κ1) is 14.0. The average molecular weight is 256 g/mol. The molecule has 1 atom stereocenters. The number of likely N-dealkylation sites (N-methyl/N-ethyl adjacent to an activating group) is 1. The van der Waals surface area contributed by atoms with Crippen molar-refractivity contribution in [1.82, 2.24) is 5.32 Å². The molecule has 0 saturated carbocycles. The van der Waals surface area contributed by atoms with Crippen LogP contribution in [0.4, 0.5) is 4.39 Å². The fourth-order valence-electron chi connectivity index (χ4n) is 1.39. The van der Waals surface area contributed by atoms with Gasteiger partial charge in [-0.15, -0.1) is 11.8 Å². The van der Waals surface area contributed by atoms with E-state index in [-0.39, 0.29) is 17.7 Å². The number of nitrogens with one attached hydrogen (secondary N) is 1. The summed E-state index contributed by atoms with van der Waals surface area (Å²) in [7, 11) is 1.74. The number of carbonyl (C=O) groups is 1. The van der Waals surface area contributed by atoms with Crippen LogP contribution in [0, 0.1) is 0 Å². The quantitative estimate of drug-likeness (QED) is 0.757. The maximum atomic E-state index is 13.7. The number of hydrogen-bond donors (Lipinski definition) is 2. The predicted molar refractivity (Wildman–Crippen MR) is 70.1 cm³/mol. The van der Waals surface area contributed by atoms with Gasteiger partial charge in [0.15, 0.2) is 5.78 Å². The summed E-state index contributed by atoms with van der Waals surface area (Å²) in [6.07, 6.45) is 2.76. The molecule has 0 aromatic heterocycles. The molecule has 1 aliphatic rings. The van der Waals surface area contributed by atoms with Crippen molar-refractivity contribution in [3.05, 3.63) is 34.2 Å². The molecule has 0 aromatic carbocycles. The lowest BCUT2D eigenvalue weighted by Crippen LogP contribution is -2.37. The Morgan fingerprint density at radius 1 is 1.65 bits per heavy atom. The van der Waals surface area contributed by atoms with E-state index in [1.165, 1.54) is 23.9 Å². The average Bonchev–Trinajstić information content (AvgIpc) is 2.27. The highest BCUT2D eigenvalue weighted by Gasteiger charge is 2.22. The highest BCUT2D eigenvalue weighted by molar-refractivity contribution is 8.03. The number of allylic oxidation sites excluding steroid dienone is 4. The second kappa shape index (κ2) is 6.02. The number of ketones is 1. The third kappa shape index (κ3) is 3.71. The van der Waals surface area contributed by atoms with Gasteiger partial charge in [0, 0.05) is 16.4 Å². The molecule has 1 unspecified atom stereocenters. The van der Waals surface area contributed by atoms with Gasteiger partial charge in [-0.05, 0) is 38.6 Å². The first-order chi connectivity index (χ1) is 7.95. The van der Waals surface area contributed by atoms with Crippen LogP contribution >= 0.6 is 11.8 Å². The summed E-state index contributed by atoms with van der Waals surface area (Å²) in [4.78, 5) is 12.3. The van der Waals surface area contributed by atoms with E-state index in [2.05, 4.69) is 5.32 Å². The zero-order chi connectivity index (χ0) is 13.0. The van der Waals surface area contributed by atoms with Gasteiger partial charge in [-0.2, -0.15) is 0 Å². The third-order valence-corrected chi connectivity index (χ3v) is 3.69. The zero-order valence-electron chi connectivity index (χ0n) is 10.2. The minimum absolute atomic E-state index is 0.0122. The van der Waals surface area contributed by atoms with E-state index in [0.29, 0.717) is 21.9 Å². The van der Waals surface area contributed by atoms with Crippen molar-refractivity contribution in [3.63, 3.8) is 0 Å². The molecule has 0 radical (unpaired) electrons. The van der Waals surface area contributed by atoms with E-state index in [4.69, 9.17) is 5.73 Å². The van der Waals surface area contributed by atoms with E-state index in [1.807, 2.05) is 0 Å². The molecule has 0 amide bonds. The summed E-state index contributed by atoms with van der Waals surface area (Å²) in [6.45, 7) is 3.28. The van der Waals surface area contributed by atoms with E-state index in [1.54, 1.807) is 20.9 Å². The number of carbonyl (C=O) groups excluding carboxylic acids is 1. The zero-order valence-corrected chi connectivity index (χ0v) is 11.0. The normalized spacial score (nSPS) is 23.3. The van der Waals surface area contributed by atoms with Crippen molar-refractivity contribution < 1.29 is 9.18 Å². The van der Waals surface area contributed by atoms with Crippen molar-refractivity contribution in [3.8, 4) is 0 Å². The standard InChI is InChI=1S/C12H17FN2OS/c1-7(14)4-9(13)8(2)12-5-11(16)10(15-3)6-17-12/h4-5,10,15H,6,14H2,1-3H3/b7-4+,9-8+. The molecule has 1 rings (SSSR count). The molecule has 1 heterocycles. The third-order valence-electron chi connectivity index (χ3n) is 2.45. The van der Waals surface area contributed by atoms with Gasteiger partial charge in [-0.3, -0.25) is 4.79 Å². The maximum absolute atomic E-state index is 13.7. The first-order valence-corrected chi connectivity index (χ1v) is 6.30. The number of nitrogens with two attached hydrogens (primary N) is 1. The van der Waals surface area contributed by atoms with Crippen LogP contribution in [-0.2, 0) is 4.79 Å². The summed E-state index contributed by atoms with van der Waals surface area (Å²) in [6, 6.07) is -0.175. The van der Waals surface area contributed by atoms with Crippen molar-refractivity contribution in [2.75, 3.05) is 12.8 Å². The largest absolute Gasteiger partial charge is 0.402 e. The molecule has 0 saturated heterocycles. The Hall–Kier alpha value is -1.07. The maximum Gasteiger partial charge on any atom is 0.174 e. The molecular weight excluding hydrogens is 239 g/mol. The monoisotopic (exact) mass is 256 g/mol. The summed E-state index contributed by atoms with van der Waals surface area (Å²) >= 11 is 1.47. The van der Waals surface area contributed by atoms with Crippen LogP contribution in [0.2, 0.25) is 0 Å². The molecule has 0 fully saturated rings. The topological polar surface area (TPSA) is 55.1 Å². The molecule has 1 aliphatic heterocycles. The lowest BCUT2D eigenvalue weighted by molar-refractivity contribution is -0.116. The SMILES string of the molecule is CNC1CSC(/C(C)=C(F)\C=C(/C)N)=CC1=O. The highest BCUT2D eigenvalue weighted by Crippen LogP contribution is 2.31. The Labute approximate surface area is 105 Å². The summed E-state index contributed by atoms with van der Waals surface area (Å²) in [5.74, 6) is 0.221. The second-order valence-electron chi connectivity index (χ2n) is 3.92. The van der Waals surface area contributed by atoms with Crippen LogP contribution in [0.25, 0.3) is 0 Å². The fraction of sp³-hybridized carbons (Fsp3) is 0.417. The van der Waals surface area contributed by atoms with Gasteiger partial charge >= 0.3 is 0 Å². The predicted octanol–water partition coefficient (Wildman–Crippen LogP) is 1.88. The van der Waals surface area contributed by atoms with Gasteiger partial charge in [0.05, 0.1) is 6.04 Å². The van der Waals surface area contributed by atoms with Crippen LogP contribution in [-0.4, -0.2) is 24.6 Å². The van der Waals surface area contributed by atoms with Gasteiger partial charge in [0.1, 0.15) is 5.83 Å². The van der Waals surface area contributed by atoms with Crippen LogP contribution in [0.1, 0.15) is 13.8 Å². The van der Waals surface area contributed by atoms with Crippen molar-refractivity contribution >= 4 is 17.5 Å². The van der Waals surface area contributed by atoms with E-state index in [0.717, 1.165) is 0 Å². The lowest BCUT2D eigenvalue weighted by Gasteiger charge is -2.20. The molecule has 0 aromatic rings. The molecule has 17 heavy (non-hydrogen) atoms. The van der Waals surface area contributed by atoms with Crippen molar-refractivity contribution in [2.24, 2.45) is 5.73 Å². The van der Waals surface area contributed by atoms with Gasteiger partial charge in [-0.1, -0.05) is 0 Å². The molecule has 5 heteroatoms. The highest BCUT2D eigenvalue weighted by atomic mass is 32.2. The summed E-state index contributed by atoms with van der Waals surface area (Å²) in [5, 5.41) is 2.92. The van der Waals surface area contributed by atoms with E-state index < -0.39 is 0 Å². The van der Waals surface area contributed by atoms with Gasteiger partial charge in [-0.25, -0.2) is 4.39 Å². The summed E-state index contributed by atoms with van der Waals surface area (Å²) < 4.78 is 13.7. The second-order valence-corrected chi connectivity index (χ2v) is 4.99. The molecule has 0 aliphatic carbocycles. The summed E-state index contributed by atoms with van der Waals surface area (Å²) in [5.41, 5.74) is 6.28. The number of hydrogen-bond acceptors (Lipinski definition) is 4. The Morgan fingerprint density at radius 2 is 2.29 bits per heavy atom. The van der Waals surface area contributed by atoms with E-state index in [9.17, 15) is 9.18 Å². The molecule has 94 valence electrons. The Kier molecular flexibility index (Phi) is 4.96. The fourth-order valence-corrected chi connectivity index (χ4v) is 2.59. The minimum Gasteiger partial charge on any atom is -0.402 e. The van der Waals surface area contributed by atoms with Gasteiger partial charge < -0.3 is 11.1 Å². The number of thioether (sulfide) groups is 1. The van der Waals surface area contributed by atoms with Crippen LogP contribution < -0.4 is 11.1 Å². The van der Waals surface area contributed by atoms with Crippen LogP contribution in [0.5, 0.6) is 0 Å². The molecule has 3 nitrogen and oxygen atoms in total. The first-order valence-electron chi connectivity index (χ1n) is 5.31. The van der Waals surface area contributed by atoms with Gasteiger partial charge in [0.25, 0.3) is 0 Å². The number of rotatable bonds is 3. The van der Waals surface area contributed by atoms with Crippen LogP contribution in [0.3, 0.4) is 0 Å². The smallest absolute Gasteiger partial charge is 0.174 e. The lowest BCUT2D eigenvalue weighted by atomic mass is 10.1. The van der Waals surface area contributed by atoms with Crippen molar-refractivity contribution in [1.29, 1.82) is 0 Å². The number of halogens is 1. The Bertz CT molecular complexity index is 409. The molecule has 0 spiro atoms. The van der Waals surface area contributed by atoms with Crippen molar-refractivity contribution in [2.45, 2.75) is 19.9 Å². The molecule has 0 bridgehead atoms. The van der Waals surface area contributed by atoms with Crippen LogP contribution in [0.15, 0.2) is 34.2 Å². The molecule has 3 N–H and O–H groups in total. The Balaban J connectivity index is 2.96. The van der Waals surface area contributed by atoms with E-state index >= 15 is 0 Å². The minimum atomic E-state index is -0.389. The Morgan fingerprint density at radius 3 is 2.76 bits per heavy atom.